The molecule has 5 heteroatoms. The lowest BCUT2D eigenvalue weighted by Crippen LogP contribution is -2.47. The lowest BCUT2D eigenvalue weighted by Gasteiger charge is -2.34. The first kappa shape index (κ1) is 21.2. The van der Waals surface area contributed by atoms with E-state index in [-0.39, 0.29) is 11.2 Å². The number of benzene rings is 2. The van der Waals surface area contributed by atoms with Crippen LogP contribution in [0, 0.1) is 6.92 Å². The van der Waals surface area contributed by atoms with E-state index in [0.29, 0.717) is 6.61 Å². The number of nitrogens with one attached hydrogen (secondary N) is 1. The summed E-state index contributed by atoms with van der Waals surface area (Å²) < 4.78 is 6.14. The fraction of sp³-hybridized carbons (Fsp3) is 0.444. The van der Waals surface area contributed by atoms with Gasteiger partial charge in [0, 0.05) is 60.3 Å². The standard InChI is InChI=1S/C27H33N3O2/c1-5-29-10-12-30(13-11-29)14-15-32-19-7-9-20-22(17-19)27(3,4)26-24(25(20)31)21-8-6-18(2)16-23(21)28-26/h6-9,16-17,28H,5,10-15H2,1-4H3. The third kappa shape index (κ3) is 3.54. The van der Waals surface area contributed by atoms with Crippen LogP contribution in [0.1, 0.15) is 53.5 Å². The quantitative estimate of drug-likeness (QED) is 0.652. The number of likely N-dealkylation sites (N-methyl/N-ethyl adjacent to an activating group) is 1. The Morgan fingerprint density at radius 2 is 1.78 bits per heavy atom. The van der Waals surface area contributed by atoms with Crippen molar-refractivity contribution in [2.45, 2.75) is 33.1 Å². The van der Waals surface area contributed by atoms with Gasteiger partial charge in [0.05, 0.1) is 5.56 Å². The monoisotopic (exact) mass is 431 g/mol. The van der Waals surface area contributed by atoms with E-state index in [1.54, 1.807) is 0 Å². The second-order valence-corrected chi connectivity index (χ2v) is 9.71. The minimum Gasteiger partial charge on any atom is -0.492 e. The highest BCUT2D eigenvalue weighted by molar-refractivity contribution is 6.20. The van der Waals surface area contributed by atoms with Crippen LogP contribution in [0.2, 0.25) is 0 Å². The average Bonchev–Trinajstić information content (AvgIpc) is 3.18. The lowest BCUT2D eigenvalue weighted by molar-refractivity contribution is 0.103. The number of hydrogen-bond donors (Lipinski definition) is 1. The summed E-state index contributed by atoms with van der Waals surface area (Å²) in [7, 11) is 0. The van der Waals surface area contributed by atoms with E-state index in [2.05, 4.69) is 66.7 Å². The predicted molar refractivity (Wildman–Crippen MR) is 129 cm³/mol. The summed E-state index contributed by atoms with van der Waals surface area (Å²) in [5.41, 5.74) is 5.55. The molecule has 0 atom stereocenters. The van der Waals surface area contributed by atoms with E-state index in [4.69, 9.17) is 4.74 Å². The minimum absolute atomic E-state index is 0.102. The van der Waals surface area contributed by atoms with E-state index in [0.717, 1.165) is 78.3 Å². The second kappa shape index (κ2) is 8.05. The van der Waals surface area contributed by atoms with Crippen LogP contribution in [0.4, 0.5) is 0 Å². The maximum atomic E-state index is 13.5. The molecule has 0 unspecified atom stereocenters. The molecule has 2 aliphatic rings. The number of carbonyl (C=O) groups is 1. The molecule has 1 aliphatic carbocycles. The molecule has 0 bridgehead atoms. The van der Waals surface area contributed by atoms with Crippen molar-refractivity contribution in [2.75, 3.05) is 45.9 Å². The number of H-pyrrole nitrogens is 1. The summed E-state index contributed by atoms with van der Waals surface area (Å²) in [5.74, 6) is 0.942. The summed E-state index contributed by atoms with van der Waals surface area (Å²) in [5, 5.41) is 1.01. The fourth-order valence-electron chi connectivity index (χ4n) is 5.24. The molecule has 5 rings (SSSR count). The number of piperazine rings is 1. The first-order valence-corrected chi connectivity index (χ1v) is 11.8. The van der Waals surface area contributed by atoms with Gasteiger partial charge in [-0.1, -0.05) is 32.9 Å². The van der Waals surface area contributed by atoms with Gasteiger partial charge < -0.3 is 14.6 Å². The largest absolute Gasteiger partial charge is 0.492 e. The number of aromatic nitrogens is 1. The average molecular weight is 432 g/mol. The molecule has 1 aliphatic heterocycles. The Hall–Kier alpha value is -2.63. The SMILES string of the molecule is CCN1CCN(CCOc2ccc3c(c2)C(C)(C)c2[nH]c4cc(C)ccc4c2C3=O)CC1. The Morgan fingerprint density at radius 3 is 2.53 bits per heavy atom. The van der Waals surface area contributed by atoms with E-state index < -0.39 is 0 Å². The van der Waals surface area contributed by atoms with Crippen LogP contribution >= 0.6 is 0 Å². The molecule has 1 aromatic heterocycles. The summed E-state index contributed by atoms with van der Waals surface area (Å²) in [6.07, 6.45) is 0. The molecule has 2 heterocycles. The predicted octanol–water partition coefficient (Wildman–Crippen LogP) is 4.36. The van der Waals surface area contributed by atoms with Crippen molar-refractivity contribution in [1.29, 1.82) is 0 Å². The first-order chi connectivity index (χ1) is 15.4. The number of fused-ring (bicyclic) bond motifs is 4. The van der Waals surface area contributed by atoms with Gasteiger partial charge in [0.15, 0.2) is 5.78 Å². The molecule has 3 aromatic rings. The van der Waals surface area contributed by atoms with Crippen molar-refractivity contribution < 1.29 is 9.53 Å². The fourth-order valence-corrected chi connectivity index (χ4v) is 5.24. The molecule has 1 fully saturated rings. The summed E-state index contributed by atoms with van der Waals surface area (Å²) in [6.45, 7) is 15.9. The van der Waals surface area contributed by atoms with Crippen molar-refractivity contribution in [1.82, 2.24) is 14.8 Å². The van der Waals surface area contributed by atoms with Crippen LogP contribution < -0.4 is 4.74 Å². The zero-order chi connectivity index (χ0) is 22.5. The second-order valence-electron chi connectivity index (χ2n) is 9.71. The normalized spacial score (nSPS) is 18.6. The molecule has 32 heavy (non-hydrogen) atoms. The topological polar surface area (TPSA) is 48.6 Å². The van der Waals surface area contributed by atoms with Gasteiger partial charge in [-0.3, -0.25) is 9.69 Å². The number of ether oxygens (including phenoxy) is 1. The number of carbonyl (C=O) groups excluding carboxylic acids is 1. The van der Waals surface area contributed by atoms with Crippen LogP contribution in [0.5, 0.6) is 5.75 Å². The van der Waals surface area contributed by atoms with Gasteiger partial charge in [-0.05, 0) is 48.9 Å². The Labute approximate surface area is 190 Å². The van der Waals surface area contributed by atoms with Crippen LogP contribution in [0.25, 0.3) is 10.9 Å². The molecule has 0 amide bonds. The van der Waals surface area contributed by atoms with Gasteiger partial charge in [-0.25, -0.2) is 0 Å². The number of aryl methyl sites for hydroxylation is 1. The van der Waals surface area contributed by atoms with Crippen LogP contribution in [0.3, 0.4) is 0 Å². The molecule has 1 N–H and O–H groups in total. The molecule has 0 saturated carbocycles. The molecule has 0 spiro atoms. The molecule has 0 radical (unpaired) electrons. The van der Waals surface area contributed by atoms with E-state index in [1.165, 1.54) is 5.56 Å². The summed E-state index contributed by atoms with van der Waals surface area (Å²) >= 11 is 0. The highest BCUT2D eigenvalue weighted by Gasteiger charge is 2.39. The smallest absolute Gasteiger partial charge is 0.195 e. The van der Waals surface area contributed by atoms with E-state index >= 15 is 0 Å². The Balaban J connectivity index is 1.37. The molecular weight excluding hydrogens is 398 g/mol. The van der Waals surface area contributed by atoms with Gasteiger partial charge in [0.2, 0.25) is 0 Å². The molecule has 2 aromatic carbocycles. The minimum atomic E-state index is -0.304. The number of rotatable bonds is 5. The van der Waals surface area contributed by atoms with Gasteiger partial charge in [-0.15, -0.1) is 0 Å². The first-order valence-electron chi connectivity index (χ1n) is 11.8. The third-order valence-electron chi connectivity index (χ3n) is 7.30. The van der Waals surface area contributed by atoms with Gasteiger partial charge in [0.25, 0.3) is 0 Å². The van der Waals surface area contributed by atoms with Crippen molar-refractivity contribution in [2.24, 2.45) is 0 Å². The maximum Gasteiger partial charge on any atom is 0.195 e. The lowest BCUT2D eigenvalue weighted by atomic mass is 9.71. The number of hydrogen-bond acceptors (Lipinski definition) is 4. The number of nitrogens with zero attached hydrogens (tertiary/aromatic N) is 2. The van der Waals surface area contributed by atoms with Crippen molar-refractivity contribution in [3.05, 3.63) is 64.3 Å². The van der Waals surface area contributed by atoms with Gasteiger partial charge in [-0.2, -0.15) is 0 Å². The Morgan fingerprint density at radius 1 is 1.03 bits per heavy atom. The van der Waals surface area contributed by atoms with E-state index in [9.17, 15) is 4.79 Å². The van der Waals surface area contributed by atoms with Gasteiger partial charge in [0.1, 0.15) is 12.4 Å². The molecule has 5 nitrogen and oxygen atoms in total. The van der Waals surface area contributed by atoms with Crippen molar-refractivity contribution in [3.63, 3.8) is 0 Å². The van der Waals surface area contributed by atoms with Crippen molar-refractivity contribution in [3.8, 4) is 5.75 Å². The Kier molecular flexibility index (Phi) is 5.34. The Bertz CT molecular complexity index is 1170. The number of aromatic amines is 1. The van der Waals surface area contributed by atoms with Gasteiger partial charge >= 0.3 is 0 Å². The molecular formula is C27H33N3O2. The molecule has 168 valence electrons. The zero-order valence-corrected chi connectivity index (χ0v) is 19.6. The maximum absolute atomic E-state index is 13.5. The third-order valence-corrected chi connectivity index (χ3v) is 7.30. The van der Waals surface area contributed by atoms with E-state index in [1.807, 2.05) is 12.1 Å². The highest BCUT2D eigenvalue weighted by Crippen LogP contribution is 2.44. The van der Waals surface area contributed by atoms with Crippen LogP contribution in [0.15, 0.2) is 36.4 Å². The molecule has 1 saturated heterocycles. The summed E-state index contributed by atoms with van der Waals surface area (Å²) in [4.78, 5) is 22.0. The number of ketones is 1. The van der Waals surface area contributed by atoms with Crippen molar-refractivity contribution >= 4 is 16.7 Å². The highest BCUT2D eigenvalue weighted by atomic mass is 16.5. The van der Waals surface area contributed by atoms with Crippen LogP contribution in [-0.4, -0.2) is 66.4 Å². The summed E-state index contributed by atoms with van der Waals surface area (Å²) in [6, 6.07) is 12.2. The zero-order valence-electron chi connectivity index (χ0n) is 19.6. The van der Waals surface area contributed by atoms with Crippen LogP contribution in [-0.2, 0) is 5.41 Å².